The lowest BCUT2D eigenvalue weighted by Gasteiger charge is -2.12. The quantitative estimate of drug-likeness (QED) is 0.733. The maximum Gasteiger partial charge on any atom is 0.160 e. The summed E-state index contributed by atoms with van der Waals surface area (Å²) in [4.78, 5) is 9.21. The Morgan fingerprint density at radius 1 is 1.14 bits per heavy atom. The molecule has 0 saturated carbocycles. The molecule has 0 amide bonds. The normalized spacial score (nSPS) is 11.2. The highest BCUT2D eigenvalue weighted by Gasteiger charge is 2.14. The monoisotopic (exact) mass is 281 g/mol. The zero-order valence-corrected chi connectivity index (χ0v) is 12.6. The summed E-state index contributed by atoms with van der Waals surface area (Å²) in [5, 5.41) is 0. The third kappa shape index (κ3) is 2.61. The van der Waals surface area contributed by atoms with Crippen LogP contribution in [0.2, 0.25) is 0 Å². The molecule has 108 valence electrons. The van der Waals surface area contributed by atoms with Crippen LogP contribution >= 0.6 is 0 Å². The molecule has 0 N–H and O–H groups in total. The molecule has 3 aromatic rings. The number of hydrogen-bond donors (Lipinski definition) is 0. The number of rotatable bonds is 4. The van der Waals surface area contributed by atoms with Gasteiger partial charge in [0.15, 0.2) is 5.65 Å². The molecule has 0 aliphatic rings. The van der Waals surface area contributed by atoms with E-state index in [-0.39, 0.29) is 0 Å². The topological polar surface area (TPSA) is 39.9 Å². The van der Waals surface area contributed by atoms with Gasteiger partial charge in [0.2, 0.25) is 0 Å². The minimum Gasteiger partial charge on any atom is -0.497 e. The fourth-order valence-corrected chi connectivity index (χ4v) is 2.57. The molecular formula is C17H19N3O. The average Bonchev–Trinajstić information content (AvgIpc) is 2.86. The lowest BCUT2D eigenvalue weighted by atomic mass is 10.1. The smallest absolute Gasteiger partial charge is 0.160 e. The summed E-state index contributed by atoms with van der Waals surface area (Å²) < 4.78 is 7.41. The minimum absolute atomic E-state index is 0.332. The van der Waals surface area contributed by atoms with E-state index in [0.717, 1.165) is 29.2 Å². The standard InChI is InChI=1S/C17H19N3O/c1-12(2)20-16(19-15-5-4-10-18-17(15)20)11-13-6-8-14(21-3)9-7-13/h4-10,12H,11H2,1-3H3. The van der Waals surface area contributed by atoms with Crippen molar-refractivity contribution in [1.29, 1.82) is 0 Å². The van der Waals surface area contributed by atoms with E-state index in [0.29, 0.717) is 6.04 Å². The van der Waals surface area contributed by atoms with Gasteiger partial charge in [0.05, 0.1) is 7.11 Å². The Labute approximate surface area is 124 Å². The highest BCUT2D eigenvalue weighted by atomic mass is 16.5. The van der Waals surface area contributed by atoms with E-state index in [4.69, 9.17) is 9.72 Å². The van der Waals surface area contributed by atoms with Crippen molar-refractivity contribution in [1.82, 2.24) is 14.5 Å². The minimum atomic E-state index is 0.332. The van der Waals surface area contributed by atoms with Crippen molar-refractivity contribution in [3.05, 3.63) is 54.0 Å². The predicted molar refractivity (Wildman–Crippen MR) is 83.7 cm³/mol. The molecule has 1 aromatic carbocycles. The van der Waals surface area contributed by atoms with Gasteiger partial charge in [0, 0.05) is 18.7 Å². The number of imidazole rings is 1. The molecule has 21 heavy (non-hydrogen) atoms. The van der Waals surface area contributed by atoms with Crippen molar-refractivity contribution in [2.75, 3.05) is 7.11 Å². The number of nitrogens with zero attached hydrogens (tertiary/aromatic N) is 3. The van der Waals surface area contributed by atoms with E-state index >= 15 is 0 Å². The number of benzene rings is 1. The summed E-state index contributed by atoms with van der Waals surface area (Å²) in [7, 11) is 1.68. The van der Waals surface area contributed by atoms with Crippen molar-refractivity contribution < 1.29 is 4.74 Å². The summed E-state index contributed by atoms with van der Waals surface area (Å²) >= 11 is 0. The average molecular weight is 281 g/mol. The van der Waals surface area contributed by atoms with E-state index in [1.54, 1.807) is 7.11 Å². The molecule has 2 heterocycles. The number of ether oxygens (including phenoxy) is 1. The van der Waals surface area contributed by atoms with Crippen LogP contribution in [0.25, 0.3) is 11.2 Å². The first kappa shape index (κ1) is 13.6. The number of pyridine rings is 1. The van der Waals surface area contributed by atoms with E-state index < -0.39 is 0 Å². The van der Waals surface area contributed by atoms with Gasteiger partial charge in [-0.15, -0.1) is 0 Å². The molecule has 0 bridgehead atoms. The van der Waals surface area contributed by atoms with Gasteiger partial charge in [-0.05, 0) is 43.7 Å². The Hall–Kier alpha value is -2.36. The summed E-state index contributed by atoms with van der Waals surface area (Å²) in [6.07, 6.45) is 2.61. The molecule has 2 aromatic heterocycles. The summed E-state index contributed by atoms with van der Waals surface area (Å²) in [5.41, 5.74) is 3.12. The zero-order chi connectivity index (χ0) is 14.8. The molecule has 0 unspecified atom stereocenters. The van der Waals surface area contributed by atoms with Gasteiger partial charge in [0.1, 0.15) is 17.1 Å². The van der Waals surface area contributed by atoms with Gasteiger partial charge in [-0.1, -0.05) is 12.1 Å². The first-order valence-electron chi connectivity index (χ1n) is 7.14. The van der Waals surface area contributed by atoms with Crippen LogP contribution in [-0.4, -0.2) is 21.6 Å². The van der Waals surface area contributed by atoms with Gasteiger partial charge in [-0.3, -0.25) is 0 Å². The fraction of sp³-hybridized carbons (Fsp3) is 0.294. The SMILES string of the molecule is COc1ccc(Cc2nc3cccnc3n2C(C)C)cc1. The maximum atomic E-state index is 5.20. The van der Waals surface area contributed by atoms with Crippen LogP contribution in [0.4, 0.5) is 0 Å². The van der Waals surface area contributed by atoms with Crippen LogP contribution in [0.1, 0.15) is 31.3 Å². The first-order valence-corrected chi connectivity index (χ1v) is 7.14. The fourth-order valence-electron chi connectivity index (χ4n) is 2.57. The van der Waals surface area contributed by atoms with Crippen LogP contribution in [0, 0.1) is 0 Å². The zero-order valence-electron chi connectivity index (χ0n) is 12.6. The number of aromatic nitrogens is 3. The Balaban J connectivity index is 2.00. The van der Waals surface area contributed by atoms with Crippen molar-refractivity contribution >= 4 is 11.2 Å². The Morgan fingerprint density at radius 2 is 1.90 bits per heavy atom. The molecule has 4 nitrogen and oxygen atoms in total. The maximum absolute atomic E-state index is 5.20. The van der Waals surface area contributed by atoms with Gasteiger partial charge in [-0.2, -0.15) is 0 Å². The molecule has 3 rings (SSSR count). The Bertz CT molecular complexity index is 744. The molecule has 0 atom stereocenters. The van der Waals surface area contributed by atoms with E-state index in [2.05, 4.69) is 35.5 Å². The lowest BCUT2D eigenvalue weighted by Crippen LogP contribution is -2.07. The van der Waals surface area contributed by atoms with Gasteiger partial charge >= 0.3 is 0 Å². The molecule has 0 fully saturated rings. The first-order chi connectivity index (χ1) is 10.2. The van der Waals surface area contributed by atoms with Gasteiger partial charge in [0.25, 0.3) is 0 Å². The molecule has 0 aliphatic heterocycles. The van der Waals surface area contributed by atoms with Crippen molar-refractivity contribution in [3.8, 4) is 5.75 Å². The number of hydrogen-bond acceptors (Lipinski definition) is 3. The third-order valence-corrected chi connectivity index (χ3v) is 3.56. The molecule has 0 spiro atoms. The summed E-state index contributed by atoms with van der Waals surface area (Å²) in [6, 6.07) is 12.4. The Kier molecular flexibility index (Phi) is 3.60. The van der Waals surface area contributed by atoms with E-state index in [1.807, 2.05) is 30.5 Å². The second-order valence-corrected chi connectivity index (χ2v) is 5.36. The van der Waals surface area contributed by atoms with Crippen molar-refractivity contribution in [2.24, 2.45) is 0 Å². The van der Waals surface area contributed by atoms with Gasteiger partial charge in [-0.25, -0.2) is 9.97 Å². The van der Waals surface area contributed by atoms with E-state index in [9.17, 15) is 0 Å². The number of fused-ring (bicyclic) bond motifs is 1. The highest BCUT2D eigenvalue weighted by Crippen LogP contribution is 2.22. The van der Waals surface area contributed by atoms with Crippen LogP contribution < -0.4 is 4.74 Å². The molecule has 4 heteroatoms. The molecule has 0 saturated heterocycles. The molecule has 0 radical (unpaired) electrons. The van der Waals surface area contributed by atoms with Crippen molar-refractivity contribution in [3.63, 3.8) is 0 Å². The Morgan fingerprint density at radius 3 is 2.57 bits per heavy atom. The van der Waals surface area contributed by atoms with Crippen LogP contribution in [0.15, 0.2) is 42.6 Å². The van der Waals surface area contributed by atoms with Gasteiger partial charge < -0.3 is 9.30 Å². The third-order valence-electron chi connectivity index (χ3n) is 3.56. The lowest BCUT2D eigenvalue weighted by molar-refractivity contribution is 0.414. The second-order valence-electron chi connectivity index (χ2n) is 5.36. The van der Waals surface area contributed by atoms with Crippen LogP contribution in [0.3, 0.4) is 0 Å². The largest absolute Gasteiger partial charge is 0.497 e. The second kappa shape index (κ2) is 5.56. The van der Waals surface area contributed by atoms with Crippen LogP contribution in [0.5, 0.6) is 5.75 Å². The molecular weight excluding hydrogens is 262 g/mol. The number of methoxy groups -OCH3 is 1. The summed E-state index contributed by atoms with van der Waals surface area (Å²) in [5.74, 6) is 1.92. The highest BCUT2D eigenvalue weighted by molar-refractivity contribution is 5.71. The van der Waals surface area contributed by atoms with Crippen LogP contribution in [-0.2, 0) is 6.42 Å². The van der Waals surface area contributed by atoms with Crippen molar-refractivity contribution in [2.45, 2.75) is 26.3 Å². The molecule has 0 aliphatic carbocycles. The van der Waals surface area contributed by atoms with E-state index in [1.165, 1.54) is 5.56 Å². The predicted octanol–water partition coefficient (Wildman–Crippen LogP) is 3.61. The summed E-state index contributed by atoms with van der Waals surface area (Å²) in [6.45, 7) is 4.32.